The molecule has 2 N–H and O–H groups in total. The van der Waals surface area contributed by atoms with Gasteiger partial charge in [0.2, 0.25) is 5.91 Å². The molecule has 9 heteroatoms. The van der Waals surface area contributed by atoms with Crippen LogP contribution in [0.2, 0.25) is 0 Å². The topological polar surface area (TPSA) is 98.1 Å². The summed E-state index contributed by atoms with van der Waals surface area (Å²) < 4.78 is 7.11. The number of benzene rings is 1. The zero-order chi connectivity index (χ0) is 19.1. The van der Waals surface area contributed by atoms with Crippen LogP contribution in [0.5, 0.6) is 0 Å². The Hall–Kier alpha value is -2.39. The van der Waals surface area contributed by atoms with Gasteiger partial charge >= 0.3 is 6.03 Å². The van der Waals surface area contributed by atoms with Gasteiger partial charge in [0.15, 0.2) is 11.0 Å². The Balaban J connectivity index is 2.25. The average Bonchev–Trinajstić information content (AvgIpc) is 3.02. The summed E-state index contributed by atoms with van der Waals surface area (Å²) in [6, 6.07) is 7.44. The predicted octanol–water partition coefficient (Wildman–Crippen LogP) is 1.84. The lowest BCUT2D eigenvalue weighted by molar-refractivity contribution is -0.119. The molecule has 1 aromatic carbocycles. The van der Waals surface area contributed by atoms with Crippen LogP contribution in [-0.2, 0) is 16.1 Å². The van der Waals surface area contributed by atoms with Crippen LogP contribution in [0.25, 0.3) is 11.4 Å². The van der Waals surface area contributed by atoms with Gasteiger partial charge in [-0.25, -0.2) is 4.79 Å². The lowest BCUT2D eigenvalue weighted by Crippen LogP contribution is -2.41. The molecule has 1 heterocycles. The number of rotatable bonds is 7. The number of aryl methyl sites for hydroxylation is 1. The van der Waals surface area contributed by atoms with Crippen LogP contribution in [-0.4, -0.2) is 52.7 Å². The molecule has 0 saturated carbocycles. The molecule has 1 atom stereocenters. The van der Waals surface area contributed by atoms with Gasteiger partial charge in [0.05, 0.1) is 18.4 Å². The Bertz CT molecular complexity index is 778. The number of aromatic nitrogens is 3. The minimum atomic E-state index is -0.538. The highest BCUT2D eigenvalue weighted by Crippen LogP contribution is 2.27. The Morgan fingerprint density at radius 3 is 2.77 bits per heavy atom. The number of urea groups is 1. The van der Waals surface area contributed by atoms with Crippen LogP contribution in [0.3, 0.4) is 0 Å². The van der Waals surface area contributed by atoms with Crippen molar-refractivity contribution in [3.05, 3.63) is 29.8 Å². The van der Waals surface area contributed by atoms with E-state index in [-0.39, 0.29) is 0 Å². The zero-order valence-corrected chi connectivity index (χ0v) is 16.1. The molecular formula is C17H23N5O3S. The van der Waals surface area contributed by atoms with E-state index in [0.717, 1.165) is 11.1 Å². The number of nitrogens with zero attached hydrogens (tertiary/aromatic N) is 3. The third-order valence-corrected chi connectivity index (χ3v) is 4.71. The first-order chi connectivity index (χ1) is 12.5. The standard InChI is InChI=1S/C17H23N5O3S/c1-11-6-5-7-13(10-11)14-20-21-17(22(14)8-9-25-4)26-12(2)15(23)19-16(24)18-3/h5-7,10,12H,8-9H2,1-4H3,(H2,18,19,23,24)/t12-/m1/s1. The highest BCUT2D eigenvalue weighted by molar-refractivity contribution is 8.00. The van der Waals surface area contributed by atoms with Crippen molar-refractivity contribution < 1.29 is 14.3 Å². The molecule has 0 radical (unpaired) electrons. The molecule has 0 unspecified atom stereocenters. The second-order valence-electron chi connectivity index (χ2n) is 5.65. The number of hydrogen-bond donors (Lipinski definition) is 2. The number of ether oxygens (including phenoxy) is 1. The summed E-state index contributed by atoms with van der Waals surface area (Å²) in [4.78, 5) is 23.4. The molecule has 0 aliphatic carbocycles. The van der Waals surface area contributed by atoms with Crippen molar-refractivity contribution >= 4 is 23.7 Å². The molecule has 26 heavy (non-hydrogen) atoms. The summed E-state index contributed by atoms with van der Waals surface area (Å²) in [5, 5.41) is 13.2. The summed E-state index contributed by atoms with van der Waals surface area (Å²) in [5.74, 6) is 0.319. The van der Waals surface area contributed by atoms with Gasteiger partial charge in [0.1, 0.15) is 0 Å². The van der Waals surface area contributed by atoms with Crippen LogP contribution in [0, 0.1) is 6.92 Å². The monoisotopic (exact) mass is 377 g/mol. The summed E-state index contributed by atoms with van der Waals surface area (Å²) >= 11 is 1.24. The number of methoxy groups -OCH3 is 1. The minimum absolute atomic E-state index is 0.396. The fourth-order valence-electron chi connectivity index (χ4n) is 2.25. The quantitative estimate of drug-likeness (QED) is 0.715. The second kappa shape index (κ2) is 9.35. The first kappa shape index (κ1) is 19.9. The molecule has 0 bridgehead atoms. The lowest BCUT2D eigenvalue weighted by atomic mass is 10.1. The van der Waals surface area contributed by atoms with Crippen molar-refractivity contribution in [1.29, 1.82) is 0 Å². The van der Waals surface area contributed by atoms with Gasteiger partial charge < -0.3 is 10.1 Å². The zero-order valence-electron chi connectivity index (χ0n) is 15.3. The molecule has 0 aliphatic rings. The average molecular weight is 377 g/mol. The van der Waals surface area contributed by atoms with E-state index >= 15 is 0 Å². The molecule has 0 aliphatic heterocycles. The maximum absolute atomic E-state index is 12.1. The molecule has 0 fully saturated rings. The van der Waals surface area contributed by atoms with Gasteiger partial charge in [0.25, 0.3) is 0 Å². The number of carbonyl (C=O) groups is 2. The number of amides is 3. The van der Waals surface area contributed by atoms with Crippen molar-refractivity contribution in [1.82, 2.24) is 25.4 Å². The van der Waals surface area contributed by atoms with E-state index in [1.165, 1.54) is 18.8 Å². The number of nitrogens with one attached hydrogen (secondary N) is 2. The van der Waals surface area contributed by atoms with Gasteiger partial charge in [-0.1, -0.05) is 35.5 Å². The molecule has 140 valence electrons. The summed E-state index contributed by atoms with van der Waals surface area (Å²) in [5.41, 5.74) is 2.07. The Morgan fingerprint density at radius 1 is 1.35 bits per heavy atom. The fraction of sp³-hybridized carbons (Fsp3) is 0.412. The van der Waals surface area contributed by atoms with Gasteiger partial charge in [-0.15, -0.1) is 10.2 Å². The normalized spacial score (nSPS) is 11.8. The van der Waals surface area contributed by atoms with Crippen molar-refractivity contribution in [2.75, 3.05) is 20.8 Å². The molecule has 3 amide bonds. The van der Waals surface area contributed by atoms with Gasteiger partial charge in [-0.2, -0.15) is 0 Å². The molecular weight excluding hydrogens is 354 g/mol. The van der Waals surface area contributed by atoms with Crippen molar-refractivity contribution in [3.8, 4) is 11.4 Å². The van der Waals surface area contributed by atoms with Crippen molar-refractivity contribution in [2.45, 2.75) is 30.8 Å². The summed E-state index contributed by atoms with van der Waals surface area (Å²) in [6.45, 7) is 4.77. The fourth-order valence-corrected chi connectivity index (χ4v) is 3.12. The highest BCUT2D eigenvalue weighted by Gasteiger charge is 2.22. The smallest absolute Gasteiger partial charge is 0.321 e. The second-order valence-corrected chi connectivity index (χ2v) is 6.96. The van der Waals surface area contributed by atoms with Crippen molar-refractivity contribution in [3.63, 3.8) is 0 Å². The molecule has 2 aromatic rings. The predicted molar refractivity (Wildman–Crippen MR) is 100.0 cm³/mol. The third-order valence-electron chi connectivity index (χ3n) is 3.63. The van der Waals surface area contributed by atoms with E-state index in [4.69, 9.17) is 4.74 Å². The molecule has 1 aromatic heterocycles. The van der Waals surface area contributed by atoms with Crippen LogP contribution < -0.4 is 10.6 Å². The van der Waals surface area contributed by atoms with E-state index in [9.17, 15) is 9.59 Å². The van der Waals surface area contributed by atoms with Crippen LogP contribution in [0.1, 0.15) is 12.5 Å². The molecule has 2 rings (SSSR count). The Labute approximate surface area is 156 Å². The van der Waals surface area contributed by atoms with E-state index in [1.807, 2.05) is 35.8 Å². The summed E-state index contributed by atoms with van der Waals surface area (Å²) in [7, 11) is 3.08. The van der Waals surface area contributed by atoms with E-state index in [0.29, 0.717) is 24.1 Å². The largest absolute Gasteiger partial charge is 0.383 e. The maximum Gasteiger partial charge on any atom is 0.321 e. The third kappa shape index (κ3) is 5.06. The van der Waals surface area contributed by atoms with E-state index in [2.05, 4.69) is 20.8 Å². The minimum Gasteiger partial charge on any atom is -0.383 e. The summed E-state index contributed by atoms with van der Waals surface area (Å²) in [6.07, 6.45) is 0. The maximum atomic E-state index is 12.1. The highest BCUT2D eigenvalue weighted by atomic mass is 32.2. The Kier molecular flexibility index (Phi) is 7.16. The van der Waals surface area contributed by atoms with Crippen LogP contribution in [0.15, 0.2) is 29.4 Å². The first-order valence-electron chi connectivity index (χ1n) is 8.14. The van der Waals surface area contributed by atoms with Crippen LogP contribution >= 0.6 is 11.8 Å². The number of thioether (sulfide) groups is 1. The van der Waals surface area contributed by atoms with Gasteiger partial charge in [-0.05, 0) is 19.9 Å². The number of hydrogen-bond acceptors (Lipinski definition) is 6. The van der Waals surface area contributed by atoms with E-state index < -0.39 is 17.2 Å². The SMILES string of the molecule is CNC(=O)NC(=O)[C@@H](C)Sc1nnc(-c2cccc(C)c2)n1CCOC. The van der Waals surface area contributed by atoms with Gasteiger partial charge in [0, 0.05) is 19.7 Å². The molecule has 8 nitrogen and oxygen atoms in total. The lowest BCUT2D eigenvalue weighted by Gasteiger charge is -2.13. The Morgan fingerprint density at radius 2 is 2.12 bits per heavy atom. The van der Waals surface area contributed by atoms with Crippen LogP contribution in [0.4, 0.5) is 4.79 Å². The first-order valence-corrected chi connectivity index (χ1v) is 9.02. The number of carbonyl (C=O) groups excluding carboxylic acids is 2. The molecule has 0 saturated heterocycles. The number of imide groups is 1. The van der Waals surface area contributed by atoms with Crippen molar-refractivity contribution in [2.24, 2.45) is 0 Å². The van der Waals surface area contributed by atoms with Gasteiger partial charge in [-0.3, -0.25) is 14.7 Å². The van der Waals surface area contributed by atoms with E-state index in [1.54, 1.807) is 14.0 Å². The molecule has 0 spiro atoms.